The summed E-state index contributed by atoms with van der Waals surface area (Å²) in [4.78, 5) is 0.000000000000000222. The second-order valence-electron chi connectivity index (χ2n) is 2.17. The van der Waals surface area contributed by atoms with Crippen molar-refractivity contribution in [3.8, 4) is 0 Å². The third-order valence-corrected chi connectivity index (χ3v) is 2.30. The molecule has 0 saturated carbocycles. The largest absolute Gasteiger partial charge is 0.490 e. The first-order valence-electron chi connectivity index (χ1n) is 3.14. The predicted octanol–water partition coefficient (Wildman–Crippen LogP) is 1.13. The summed E-state index contributed by atoms with van der Waals surface area (Å²) >= 11 is 0. The minimum Gasteiger partial charge on any atom is -0.490 e. The number of hydrogen-bond donors (Lipinski definition) is 1. The van der Waals surface area contributed by atoms with Crippen molar-refractivity contribution in [3.63, 3.8) is 0 Å². The summed E-state index contributed by atoms with van der Waals surface area (Å²) in [6.45, 7) is 0. The number of nitrogens with zero attached hydrogens (tertiary/aromatic N) is 1. The lowest BCUT2D eigenvalue weighted by molar-refractivity contribution is 0.598. The van der Waals surface area contributed by atoms with Gasteiger partial charge in [-0.1, -0.05) is 23.9 Å². The fraction of sp³-hybridized carbons (Fsp3) is 0. The number of nitrogens with two attached hydrogens (primary N) is 1. The molecule has 0 aliphatic carbocycles. The Kier molecular flexibility index (Phi) is 2.25. The maximum Gasteiger partial charge on any atom is 0.236 e. The smallest absolute Gasteiger partial charge is 0.236 e. The van der Waals surface area contributed by atoms with Gasteiger partial charge in [0.25, 0.3) is 0 Å². The van der Waals surface area contributed by atoms with Crippen LogP contribution in [0.1, 0.15) is 0 Å². The Bertz CT molecular complexity index is 373. The van der Waals surface area contributed by atoms with Crippen LogP contribution in [0.2, 0.25) is 0 Å². The SMILES string of the molecule is [CH2+][N-]c1ccccc1S(N)(=O)=O. The molecule has 5 heteroatoms. The molecule has 0 aliphatic rings. The number of rotatable bonds is 2. The van der Waals surface area contributed by atoms with Crippen LogP contribution in [0.25, 0.3) is 5.32 Å². The van der Waals surface area contributed by atoms with Crippen molar-refractivity contribution >= 4 is 15.7 Å². The first-order chi connectivity index (χ1) is 5.55. The summed E-state index contributed by atoms with van der Waals surface area (Å²) in [5.74, 6) is 0. The van der Waals surface area contributed by atoms with Gasteiger partial charge in [-0.25, -0.2) is 13.6 Å². The van der Waals surface area contributed by atoms with E-state index in [1.54, 1.807) is 12.1 Å². The number of para-hydroxylation sites is 1. The molecule has 4 nitrogen and oxygen atoms in total. The zero-order valence-corrected chi connectivity index (χ0v) is 7.08. The summed E-state index contributed by atoms with van der Waals surface area (Å²) in [7, 11) is -0.444. The van der Waals surface area contributed by atoms with Gasteiger partial charge in [0.15, 0.2) is 0 Å². The molecule has 1 aromatic carbocycles. The molecule has 2 N–H and O–H groups in total. The predicted molar refractivity (Wildman–Crippen MR) is 46.2 cm³/mol. The van der Waals surface area contributed by atoms with Crippen molar-refractivity contribution in [3.05, 3.63) is 36.6 Å². The Morgan fingerprint density at radius 3 is 2.33 bits per heavy atom. The maximum absolute atomic E-state index is 10.9. The highest BCUT2D eigenvalue weighted by Gasteiger charge is 2.07. The molecule has 0 radical (unpaired) electrons. The fourth-order valence-corrected chi connectivity index (χ4v) is 1.52. The van der Waals surface area contributed by atoms with Gasteiger partial charge in [-0.05, 0) is 6.07 Å². The van der Waals surface area contributed by atoms with Gasteiger partial charge in [-0.2, -0.15) is 0 Å². The Balaban J connectivity index is 3.33. The normalized spacial score (nSPS) is 11.1. The highest BCUT2D eigenvalue weighted by atomic mass is 32.2. The van der Waals surface area contributed by atoms with E-state index in [9.17, 15) is 8.42 Å². The summed E-state index contributed by atoms with van der Waals surface area (Å²) in [6.07, 6.45) is 0. The summed E-state index contributed by atoms with van der Waals surface area (Å²) < 4.78 is 21.8. The summed E-state index contributed by atoms with van der Waals surface area (Å²) in [5, 5.41) is 8.45. The van der Waals surface area contributed by atoms with E-state index in [0.29, 0.717) is 0 Å². The van der Waals surface area contributed by atoms with Crippen LogP contribution in [-0.4, -0.2) is 8.42 Å². The van der Waals surface area contributed by atoms with Crippen molar-refractivity contribution in [1.29, 1.82) is 0 Å². The molecule has 64 valence electrons. The van der Waals surface area contributed by atoms with Crippen LogP contribution in [0, 0.1) is 7.05 Å². The van der Waals surface area contributed by atoms with Crippen LogP contribution in [0.3, 0.4) is 0 Å². The van der Waals surface area contributed by atoms with Crippen LogP contribution in [-0.2, 0) is 10.0 Å². The van der Waals surface area contributed by atoms with Gasteiger partial charge in [0.05, 0.1) is 4.90 Å². The van der Waals surface area contributed by atoms with Crippen LogP contribution in [0.15, 0.2) is 29.2 Å². The Morgan fingerprint density at radius 2 is 1.92 bits per heavy atom. The fourth-order valence-electron chi connectivity index (χ4n) is 0.828. The van der Waals surface area contributed by atoms with Crippen molar-refractivity contribution in [2.24, 2.45) is 5.14 Å². The first kappa shape index (κ1) is 8.89. The van der Waals surface area contributed by atoms with E-state index >= 15 is 0 Å². The van der Waals surface area contributed by atoms with Gasteiger partial charge >= 0.3 is 0 Å². The van der Waals surface area contributed by atoms with E-state index in [0.717, 1.165) is 0 Å². The van der Waals surface area contributed by atoms with Gasteiger partial charge < -0.3 is 5.32 Å². The molecule has 0 unspecified atom stereocenters. The van der Waals surface area contributed by atoms with Crippen LogP contribution < -0.4 is 5.14 Å². The second-order valence-corrected chi connectivity index (χ2v) is 3.70. The van der Waals surface area contributed by atoms with Crippen LogP contribution >= 0.6 is 0 Å². The number of hydrogen-bond acceptors (Lipinski definition) is 2. The lowest BCUT2D eigenvalue weighted by atomic mass is 10.3. The summed E-state index contributed by atoms with van der Waals surface area (Å²) in [5.41, 5.74) is 0.278. The molecule has 0 heterocycles. The standard InChI is InChI=1S/C7H8N2O2S/c1-9-6-4-2-3-5-7(6)12(8,10)11/h2-5H,1H2,(H2,8,10,11). The number of sulfonamides is 1. The van der Waals surface area contributed by atoms with E-state index in [4.69, 9.17) is 5.14 Å². The molecule has 0 saturated heterocycles. The quantitative estimate of drug-likeness (QED) is 0.699. The van der Waals surface area contributed by atoms with Crippen molar-refractivity contribution in [1.82, 2.24) is 0 Å². The van der Waals surface area contributed by atoms with Crippen molar-refractivity contribution in [2.75, 3.05) is 0 Å². The Morgan fingerprint density at radius 1 is 1.33 bits per heavy atom. The second kappa shape index (κ2) is 3.04. The Hall–Kier alpha value is -1.20. The van der Waals surface area contributed by atoms with Crippen molar-refractivity contribution in [2.45, 2.75) is 4.90 Å². The van der Waals surface area contributed by atoms with Gasteiger partial charge in [-0.3, -0.25) is 0 Å². The molecule has 0 atom stereocenters. The van der Waals surface area contributed by atoms with E-state index in [-0.39, 0.29) is 10.6 Å². The van der Waals surface area contributed by atoms with Gasteiger partial charge in [0.2, 0.25) is 10.0 Å². The lowest BCUT2D eigenvalue weighted by Gasteiger charge is -2.10. The molecule has 12 heavy (non-hydrogen) atoms. The van der Waals surface area contributed by atoms with E-state index in [1.807, 2.05) is 0 Å². The molecule has 0 bridgehead atoms. The van der Waals surface area contributed by atoms with E-state index in [1.165, 1.54) is 12.1 Å². The third-order valence-electron chi connectivity index (χ3n) is 1.34. The van der Waals surface area contributed by atoms with Crippen LogP contribution in [0.5, 0.6) is 0 Å². The Labute approximate surface area is 71.4 Å². The van der Waals surface area contributed by atoms with E-state index in [2.05, 4.69) is 12.4 Å². The lowest BCUT2D eigenvalue weighted by Crippen LogP contribution is -2.12. The average molecular weight is 184 g/mol. The minimum atomic E-state index is -3.68. The highest BCUT2D eigenvalue weighted by molar-refractivity contribution is 7.89. The monoisotopic (exact) mass is 184 g/mol. The molecular formula is C7H8N2O2S. The summed E-state index contributed by atoms with van der Waals surface area (Å²) in [6, 6.07) is 6.17. The zero-order valence-electron chi connectivity index (χ0n) is 6.27. The molecular weight excluding hydrogens is 176 g/mol. The van der Waals surface area contributed by atoms with E-state index < -0.39 is 10.0 Å². The maximum atomic E-state index is 10.9. The van der Waals surface area contributed by atoms with Crippen molar-refractivity contribution < 1.29 is 8.42 Å². The molecule has 0 aromatic heterocycles. The van der Waals surface area contributed by atoms with Gasteiger partial charge in [0, 0.05) is 7.05 Å². The zero-order chi connectivity index (χ0) is 9.19. The molecule has 1 rings (SSSR count). The molecule has 1 aromatic rings. The van der Waals surface area contributed by atoms with Gasteiger partial charge in [0.1, 0.15) is 0 Å². The molecule has 0 fully saturated rings. The molecule has 0 spiro atoms. The minimum absolute atomic E-state index is 0.000000000000000222. The number of primary sulfonamides is 1. The highest BCUT2D eigenvalue weighted by Crippen LogP contribution is 2.25. The molecule has 0 amide bonds. The first-order valence-corrected chi connectivity index (χ1v) is 4.69. The average Bonchev–Trinajstić information content (AvgIpc) is 2.03. The number of benzene rings is 1. The van der Waals surface area contributed by atoms with Crippen LogP contribution in [0.4, 0.5) is 5.69 Å². The topological polar surface area (TPSA) is 74.3 Å². The molecule has 0 aliphatic heterocycles. The third kappa shape index (κ3) is 1.69. The van der Waals surface area contributed by atoms with Gasteiger partial charge in [-0.15, -0.1) is 0 Å².